The van der Waals surface area contributed by atoms with Gasteiger partial charge in [0, 0.05) is 37.7 Å². The van der Waals surface area contributed by atoms with E-state index in [0.717, 1.165) is 16.6 Å². The Labute approximate surface area is 113 Å². The van der Waals surface area contributed by atoms with Crippen molar-refractivity contribution < 1.29 is 4.79 Å². The Morgan fingerprint density at radius 3 is 2.63 bits per heavy atom. The largest absolute Gasteiger partial charge is 0.348 e. The van der Waals surface area contributed by atoms with E-state index in [4.69, 9.17) is 5.73 Å². The molecule has 0 unspecified atom stereocenters. The molecule has 1 amide bonds. The van der Waals surface area contributed by atoms with Crippen LogP contribution in [-0.2, 0) is 11.8 Å². The summed E-state index contributed by atoms with van der Waals surface area (Å²) >= 11 is 0. The van der Waals surface area contributed by atoms with E-state index in [1.165, 1.54) is 0 Å². The Balaban J connectivity index is 2.48. The van der Waals surface area contributed by atoms with Gasteiger partial charge in [0.1, 0.15) is 0 Å². The number of carbonyl (C=O) groups excluding carboxylic acids is 1. The Kier molecular flexibility index (Phi) is 3.37. The zero-order valence-corrected chi connectivity index (χ0v) is 12.0. The van der Waals surface area contributed by atoms with Crippen LogP contribution in [0.1, 0.15) is 13.8 Å². The molecule has 19 heavy (non-hydrogen) atoms. The van der Waals surface area contributed by atoms with Gasteiger partial charge in [-0.3, -0.25) is 4.79 Å². The number of nitrogens with zero attached hydrogens (tertiary/aromatic N) is 2. The number of nitrogens with two attached hydrogens (primary N) is 1. The zero-order chi connectivity index (χ0) is 14.2. The number of amides is 1. The van der Waals surface area contributed by atoms with Crippen LogP contribution in [0.3, 0.4) is 0 Å². The molecule has 102 valence electrons. The topological polar surface area (TPSA) is 51.3 Å². The standard InChI is InChI=1S/C15H21N3O/c1-15(2,10-16)14(19)18(4)13-9-17(3)12-8-6-5-7-11(12)13/h5-9H,10,16H2,1-4H3. The van der Waals surface area contributed by atoms with E-state index in [0.29, 0.717) is 6.54 Å². The monoisotopic (exact) mass is 259 g/mol. The number of para-hydroxylation sites is 1. The minimum atomic E-state index is -0.550. The fraction of sp³-hybridized carbons (Fsp3) is 0.400. The van der Waals surface area contributed by atoms with Crippen molar-refractivity contribution in [3.8, 4) is 0 Å². The molecule has 4 nitrogen and oxygen atoms in total. The van der Waals surface area contributed by atoms with Gasteiger partial charge in [0.25, 0.3) is 0 Å². The molecule has 0 aliphatic carbocycles. The average Bonchev–Trinajstić information content (AvgIpc) is 2.75. The van der Waals surface area contributed by atoms with Gasteiger partial charge in [-0.2, -0.15) is 0 Å². The van der Waals surface area contributed by atoms with Crippen LogP contribution in [0.4, 0.5) is 5.69 Å². The van der Waals surface area contributed by atoms with Crippen LogP contribution in [0.15, 0.2) is 30.5 Å². The Hall–Kier alpha value is -1.81. The summed E-state index contributed by atoms with van der Waals surface area (Å²) in [7, 11) is 3.79. The third-order valence-corrected chi connectivity index (χ3v) is 3.63. The van der Waals surface area contributed by atoms with Crippen molar-refractivity contribution in [1.29, 1.82) is 0 Å². The van der Waals surface area contributed by atoms with Crippen molar-refractivity contribution in [3.05, 3.63) is 30.5 Å². The molecule has 0 aliphatic rings. The fourth-order valence-corrected chi connectivity index (χ4v) is 2.24. The second kappa shape index (κ2) is 4.70. The van der Waals surface area contributed by atoms with E-state index in [9.17, 15) is 4.79 Å². The van der Waals surface area contributed by atoms with Gasteiger partial charge in [-0.25, -0.2) is 0 Å². The third kappa shape index (κ3) is 2.24. The lowest BCUT2D eigenvalue weighted by Gasteiger charge is -2.27. The van der Waals surface area contributed by atoms with E-state index in [1.54, 1.807) is 4.90 Å². The molecule has 0 radical (unpaired) electrons. The fourth-order valence-electron chi connectivity index (χ4n) is 2.24. The first kappa shape index (κ1) is 13.6. The molecule has 2 N–H and O–H groups in total. The van der Waals surface area contributed by atoms with Crippen LogP contribution in [0.25, 0.3) is 10.9 Å². The molecular weight excluding hydrogens is 238 g/mol. The number of aromatic nitrogens is 1. The molecule has 0 saturated carbocycles. The second-order valence-electron chi connectivity index (χ2n) is 5.59. The molecule has 2 rings (SSSR count). The first-order valence-electron chi connectivity index (χ1n) is 6.41. The van der Waals surface area contributed by atoms with E-state index in [-0.39, 0.29) is 5.91 Å². The minimum Gasteiger partial charge on any atom is -0.348 e. The average molecular weight is 259 g/mol. The number of hydrogen-bond donors (Lipinski definition) is 1. The molecule has 0 fully saturated rings. The quantitative estimate of drug-likeness (QED) is 0.918. The highest BCUT2D eigenvalue weighted by Crippen LogP contribution is 2.30. The summed E-state index contributed by atoms with van der Waals surface area (Å²) in [4.78, 5) is 14.2. The summed E-state index contributed by atoms with van der Waals surface area (Å²) in [5, 5.41) is 1.08. The number of fused-ring (bicyclic) bond motifs is 1. The van der Waals surface area contributed by atoms with Crippen LogP contribution < -0.4 is 10.6 Å². The molecule has 0 saturated heterocycles. The van der Waals surface area contributed by atoms with Gasteiger partial charge in [-0.05, 0) is 19.9 Å². The van der Waals surface area contributed by atoms with Crippen LogP contribution in [0, 0.1) is 5.41 Å². The van der Waals surface area contributed by atoms with Gasteiger partial charge in [0.15, 0.2) is 0 Å². The molecule has 0 atom stereocenters. The minimum absolute atomic E-state index is 0.0337. The second-order valence-corrected chi connectivity index (χ2v) is 5.59. The molecule has 2 aromatic rings. The van der Waals surface area contributed by atoms with Gasteiger partial charge < -0.3 is 15.2 Å². The summed E-state index contributed by atoms with van der Waals surface area (Å²) in [6.07, 6.45) is 1.98. The highest BCUT2D eigenvalue weighted by atomic mass is 16.2. The molecule has 1 aromatic carbocycles. The van der Waals surface area contributed by atoms with Gasteiger partial charge in [-0.15, -0.1) is 0 Å². The number of aryl methyl sites for hydroxylation is 1. The van der Waals surface area contributed by atoms with Gasteiger partial charge >= 0.3 is 0 Å². The maximum Gasteiger partial charge on any atom is 0.233 e. The molecule has 4 heteroatoms. The lowest BCUT2D eigenvalue weighted by molar-refractivity contribution is -0.125. The van der Waals surface area contributed by atoms with Crippen molar-refractivity contribution in [3.63, 3.8) is 0 Å². The Morgan fingerprint density at radius 1 is 1.37 bits per heavy atom. The molecule has 0 aliphatic heterocycles. The third-order valence-electron chi connectivity index (χ3n) is 3.63. The summed E-state index contributed by atoms with van der Waals surface area (Å²) in [5.74, 6) is 0.0337. The van der Waals surface area contributed by atoms with Crippen LogP contribution in [-0.4, -0.2) is 24.1 Å². The smallest absolute Gasteiger partial charge is 0.233 e. The van der Waals surface area contributed by atoms with Crippen molar-refractivity contribution in [2.24, 2.45) is 18.2 Å². The maximum atomic E-state index is 12.5. The Morgan fingerprint density at radius 2 is 2.00 bits per heavy atom. The number of anilines is 1. The SMILES string of the molecule is CN(C(=O)C(C)(C)CN)c1cn(C)c2ccccc12. The molecule has 0 bridgehead atoms. The number of rotatable bonds is 3. The predicted octanol–water partition coefficient (Wildman–Crippen LogP) is 2.13. The van der Waals surface area contributed by atoms with Crippen molar-refractivity contribution in [2.45, 2.75) is 13.8 Å². The van der Waals surface area contributed by atoms with E-state index >= 15 is 0 Å². The highest BCUT2D eigenvalue weighted by molar-refractivity contribution is 6.05. The van der Waals surface area contributed by atoms with E-state index in [2.05, 4.69) is 0 Å². The number of carbonyl (C=O) groups is 1. The molecule has 1 aromatic heterocycles. The molecular formula is C15H21N3O. The first-order valence-corrected chi connectivity index (χ1v) is 6.41. The van der Waals surface area contributed by atoms with Crippen LogP contribution >= 0.6 is 0 Å². The van der Waals surface area contributed by atoms with Crippen molar-refractivity contribution >= 4 is 22.5 Å². The zero-order valence-electron chi connectivity index (χ0n) is 12.0. The predicted molar refractivity (Wildman–Crippen MR) is 79.2 cm³/mol. The van der Waals surface area contributed by atoms with Gasteiger partial charge in [0.05, 0.1) is 11.1 Å². The number of benzene rings is 1. The lowest BCUT2D eigenvalue weighted by Crippen LogP contribution is -2.42. The number of hydrogen-bond acceptors (Lipinski definition) is 2. The van der Waals surface area contributed by atoms with Crippen molar-refractivity contribution in [2.75, 3.05) is 18.5 Å². The van der Waals surface area contributed by atoms with Crippen molar-refractivity contribution in [1.82, 2.24) is 4.57 Å². The highest BCUT2D eigenvalue weighted by Gasteiger charge is 2.30. The lowest BCUT2D eigenvalue weighted by atomic mass is 9.92. The van der Waals surface area contributed by atoms with Gasteiger partial charge in [0.2, 0.25) is 5.91 Å². The maximum absolute atomic E-state index is 12.5. The summed E-state index contributed by atoms with van der Waals surface area (Å²) in [6.45, 7) is 4.08. The summed E-state index contributed by atoms with van der Waals surface area (Å²) in [6, 6.07) is 8.06. The normalized spacial score (nSPS) is 11.8. The van der Waals surface area contributed by atoms with Crippen LogP contribution in [0.5, 0.6) is 0 Å². The van der Waals surface area contributed by atoms with Crippen LogP contribution in [0.2, 0.25) is 0 Å². The van der Waals surface area contributed by atoms with Gasteiger partial charge in [-0.1, -0.05) is 18.2 Å². The first-order chi connectivity index (χ1) is 8.88. The van der Waals surface area contributed by atoms with E-state index in [1.807, 2.05) is 63.0 Å². The van der Waals surface area contributed by atoms with E-state index < -0.39 is 5.41 Å². The molecule has 1 heterocycles. The Bertz CT molecular complexity index is 613. The summed E-state index contributed by atoms with van der Waals surface area (Å²) < 4.78 is 2.03. The summed E-state index contributed by atoms with van der Waals surface area (Å²) in [5.41, 5.74) is 7.17. The molecule has 0 spiro atoms.